The molecule has 0 saturated heterocycles. The first-order chi connectivity index (χ1) is 14.6. The first kappa shape index (κ1) is 22.7. The van der Waals surface area contributed by atoms with E-state index in [1.54, 1.807) is 6.20 Å². The van der Waals surface area contributed by atoms with E-state index in [1.807, 2.05) is 52.0 Å². The molecule has 6 heteroatoms. The van der Waals surface area contributed by atoms with Crippen molar-refractivity contribution in [2.24, 2.45) is 5.41 Å². The second-order valence-electron chi connectivity index (χ2n) is 8.80. The minimum Gasteiger partial charge on any atom is -0.343 e. The Kier molecular flexibility index (Phi) is 6.91. The Balaban J connectivity index is 1.80. The van der Waals surface area contributed by atoms with E-state index in [0.717, 1.165) is 16.8 Å². The van der Waals surface area contributed by atoms with Gasteiger partial charge in [-0.2, -0.15) is 0 Å². The highest BCUT2D eigenvalue weighted by Crippen LogP contribution is 2.29. The lowest BCUT2D eigenvalue weighted by atomic mass is 9.96. The van der Waals surface area contributed by atoms with Crippen molar-refractivity contribution in [2.45, 2.75) is 47.1 Å². The van der Waals surface area contributed by atoms with Crippen LogP contribution < -0.4 is 10.6 Å². The van der Waals surface area contributed by atoms with Crippen LogP contribution in [0.4, 0.5) is 5.00 Å². The first-order valence-electron chi connectivity index (χ1n) is 10.3. The molecule has 162 valence electrons. The monoisotopic (exact) mass is 435 g/mol. The number of amides is 2. The fraction of sp³-hybridized carbons (Fsp3) is 0.320. The molecule has 31 heavy (non-hydrogen) atoms. The normalized spacial score (nSPS) is 12.3. The third-order valence-corrected chi connectivity index (χ3v) is 6.10. The van der Waals surface area contributed by atoms with Gasteiger partial charge < -0.3 is 10.6 Å². The molecule has 0 fully saturated rings. The molecule has 0 bridgehead atoms. The van der Waals surface area contributed by atoms with E-state index >= 15 is 0 Å². The smallest absolute Gasteiger partial charge is 0.262 e. The van der Waals surface area contributed by atoms with E-state index < -0.39 is 5.41 Å². The average Bonchev–Trinajstić information content (AvgIpc) is 3.09. The summed E-state index contributed by atoms with van der Waals surface area (Å²) in [6, 6.07) is 15.6. The molecule has 1 aromatic carbocycles. The third-order valence-electron chi connectivity index (χ3n) is 4.95. The summed E-state index contributed by atoms with van der Waals surface area (Å²) in [7, 11) is 0. The third kappa shape index (κ3) is 6.01. The van der Waals surface area contributed by atoms with Gasteiger partial charge in [0.05, 0.1) is 21.6 Å². The molecule has 2 aromatic heterocycles. The Morgan fingerprint density at radius 1 is 1.06 bits per heavy atom. The van der Waals surface area contributed by atoms with Crippen LogP contribution in [-0.4, -0.2) is 16.8 Å². The molecule has 2 N–H and O–H groups in total. The van der Waals surface area contributed by atoms with Gasteiger partial charge in [-0.3, -0.25) is 14.6 Å². The number of aryl methyl sites for hydroxylation is 2. The van der Waals surface area contributed by atoms with Crippen LogP contribution in [0.3, 0.4) is 0 Å². The molecular weight excluding hydrogens is 406 g/mol. The summed E-state index contributed by atoms with van der Waals surface area (Å²) in [4.78, 5) is 30.5. The molecule has 3 rings (SSSR count). The zero-order valence-corrected chi connectivity index (χ0v) is 19.5. The molecule has 2 heterocycles. The highest BCUT2D eigenvalue weighted by Gasteiger charge is 2.24. The van der Waals surface area contributed by atoms with Gasteiger partial charge in [0, 0.05) is 11.6 Å². The summed E-state index contributed by atoms with van der Waals surface area (Å²) in [6.07, 6.45) is 2.38. The molecule has 2 amide bonds. The number of nitrogens with one attached hydrogen (secondary N) is 2. The van der Waals surface area contributed by atoms with Crippen LogP contribution in [0.25, 0.3) is 0 Å². The van der Waals surface area contributed by atoms with Crippen LogP contribution in [0.1, 0.15) is 58.9 Å². The maximum atomic E-state index is 13.1. The number of thiophene rings is 1. The number of hydrogen-bond donors (Lipinski definition) is 2. The minimum absolute atomic E-state index is 0.0774. The summed E-state index contributed by atoms with van der Waals surface area (Å²) >= 11 is 1.29. The number of pyridine rings is 1. The van der Waals surface area contributed by atoms with Gasteiger partial charge in [0.2, 0.25) is 5.91 Å². The zero-order valence-electron chi connectivity index (χ0n) is 18.7. The quantitative estimate of drug-likeness (QED) is 0.540. The Morgan fingerprint density at radius 3 is 2.39 bits per heavy atom. The SMILES string of the molecule is Cc1ccc(CC(NC(=O)c2sc(NC(=O)C(C)(C)C)cc2C)c2ccccn2)cc1. The summed E-state index contributed by atoms with van der Waals surface area (Å²) in [5, 5.41) is 6.74. The van der Waals surface area contributed by atoms with Crippen LogP contribution >= 0.6 is 11.3 Å². The number of carbonyl (C=O) groups excluding carboxylic acids is 2. The Labute approximate surface area is 187 Å². The molecule has 1 unspecified atom stereocenters. The highest BCUT2D eigenvalue weighted by atomic mass is 32.1. The summed E-state index contributed by atoms with van der Waals surface area (Å²) < 4.78 is 0. The fourth-order valence-electron chi connectivity index (χ4n) is 3.06. The molecule has 0 radical (unpaired) electrons. The van der Waals surface area contributed by atoms with Gasteiger partial charge in [0.25, 0.3) is 5.91 Å². The number of hydrogen-bond acceptors (Lipinski definition) is 4. The molecule has 0 saturated carbocycles. The van der Waals surface area contributed by atoms with Crippen molar-refractivity contribution in [2.75, 3.05) is 5.32 Å². The van der Waals surface area contributed by atoms with E-state index in [1.165, 1.54) is 16.9 Å². The number of carbonyl (C=O) groups is 2. The lowest BCUT2D eigenvalue weighted by Gasteiger charge is -2.18. The van der Waals surface area contributed by atoms with Crippen molar-refractivity contribution in [3.05, 3.63) is 82.0 Å². The summed E-state index contributed by atoms with van der Waals surface area (Å²) in [5.74, 6) is -0.243. The predicted octanol–water partition coefficient (Wildman–Crippen LogP) is 5.46. The largest absolute Gasteiger partial charge is 0.343 e. The molecule has 0 aliphatic rings. The molecular formula is C25H29N3O2S. The van der Waals surface area contributed by atoms with Crippen LogP contribution in [0.2, 0.25) is 0 Å². The standard InChI is InChI=1S/C25H29N3O2S/c1-16-9-11-18(12-10-16)15-20(19-8-6-7-13-26-19)27-23(29)22-17(2)14-21(31-22)28-24(30)25(3,4)5/h6-14,20H,15H2,1-5H3,(H,27,29)(H,28,30). The highest BCUT2D eigenvalue weighted by molar-refractivity contribution is 7.18. The molecule has 1 atom stereocenters. The second-order valence-corrected chi connectivity index (χ2v) is 9.85. The maximum absolute atomic E-state index is 13.1. The summed E-state index contributed by atoms with van der Waals surface area (Å²) in [5.41, 5.74) is 3.47. The number of nitrogens with zero attached hydrogens (tertiary/aromatic N) is 1. The lowest BCUT2D eigenvalue weighted by molar-refractivity contribution is -0.123. The molecule has 5 nitrogen and oxygen atoms in total. The van der Waals surface area contributed by atoms with Crippen LogP contribution in [0, 0.1) is 19.3 Å². The molecule has 0 aliphatic carbocycles. The van der Waals surface area contributed by atoms with Gasteiger partial charge in [-0.05, 0) is 49.6 Å². The van der Waals surface area contributed by atoms with Crippen LogP contribution in [0.5, 0.6) is 0 Å². The molecule has 0 aliphatic heterocycles. The number of benzene rings is 1. The summed E-state index contributed by atoms with van der Waals surface area (Å²) in [6.45, 7) is 9.52. The van der Waals surface area contributed by atoms with Gasteiger partial charge in [-0.15, -0.1) is 11.3 Å². The topological polar surface area (TPSA) is 71.1 Å². The Morgan fingerprint density at radius 2 is 1.77 bits per heavy atom. The van der Waals surface area contributed by atoms with Crippen molar-refractivity contribution < 1.29 is 9.59 Å². The molecule has 3 aromatic rings. The fourth-order valence-corrected chi connectivity index (χ4v) is 4.03. The minimum atomic E-state index is -0.502. The number of anilines is 1. The number of aromatic nitrogens is 1. The Hall–Kier alpha value is -2.99. The van der Waals surface area contributed by atoms with Gasteiger partial charge in [0.15, 0.2) is 0 Å². The second kappa shape index (κ2) is 9.43. The average molecular weight is 436 g/mol. The number of rotatable bonds is 6. The Bertz CT molecular complexity index is 1050. The van der Waals surface area contributed by atoms with Crippen molar-refractivity contribution >= 4 is 28.2 Å². The van der Waals surface area contributed by atoms with Gasteiger partial charge >= 0.3 is 0 Å². The van der Waals surface area contributed by atoms with E-state index in [2.05, 4.69) is 46.8 Å². The van der Waals surface area contributed by atoms with E-state index in [-0.39, 0.29) is 17.9 Å². The van der Waals surface area contributed by atoms with E-state index in [4.69, 9.17) is 0 Å². The van der Waals surface area contributed by atoms with Crippen molar-refractivity contribution in [1.29, 1.82) is 0 Å². The van der Waals surface area contributed by atoms with E-state index in [9.17, 15) is 9.59 Å². The molecule has 0 spiro atoms. The van der Waals surface area contributed by atoms with Gasteiger partial charge in [-0.1, -0.05) is 56.7 Å². The first-order valence-corrected chi connectivity index (χ1v) is 11.1. The van der Waals surface area contributed by atoms with Crippen LogP contribution in [-0.2, 0) is 11.2 Å². The van der Waals surface area contributed by atoms with E-state index in [0.29, 0.717) is 16.3 Å². The van der Waals surface area contributed by atoms with Crippen molar-refractivity contribution in [3.63, 3.8) is 0 Å². The van der Waals surface area contributed by atoms with Crippen LogP contribution in [0.15, 0.2) is 54.7 Å². The zero-order chi connectivity index (χ0) is 22.6. The predicted molar refractivity (Wildman–Crippen MR) is 126 cm³/mol. The lowest BCUT2D eigenvalue weighted by Crippen LogP contribution is -2.30. The van der Waals surface area contributed by atoms with Crippen molar-refractivity contribution in [3.8, 4) is 0 Å². The van der Waals surface area contributed by atoms with Gasteiger partial charge in [0.1, 0.15) is 0 Å². The van der Waals surface area contributed by atoms with Crippen molar-refractivity contribution in [1.82, 2.24) is 10.3 Å². The maximum Gasteiger partial charge on any atom is 0.262 e. The van der Waals surface area contributed by atoms with Gasteiger partial charge in [-0.25, -0.2) is 0 Å².